The number of nitrogens with zero attached hydrogens (tertiary/aromatic N) is 2. The third-order valence-corrected chi connectivity index (χ3v) is 2.28. The highest BCUT2D eigenvalue weighted by molar-refractivity contribution is 6.29. The molecule has 7 heteroatoms. The zero-order valence-electron chi connectivity index (χ0n) is 10.2. The molecule has 0 aliphatic rings. The van der Waals surface area contributed by atoms with Crippen molar-refractivity contribution in [3.8, 4) is 0 Å². The fourth-order valence-corrected chi connectivity index (χ4v) is 1.18. The molecule has 0 radical (unpaired) electrons. The van der Waals surface area contributed by atoms with Crippen molar-refractivity contribution in [1.29, 1.82) is 0 Å². The van der Waals surface area contributed by atoms with E-state index < -0.39 is 0 Å². The van der Waals surface area contributed by atoms with Crippen molar-refractivity contribution in [3.63, 3.8) is 0 Å². The van der Waals surface area contributed by atoms with Gasteiger partial charge in [0.1, 0.15) is 10.8 Å². The summed E-state index contributed by atoms with van der Waals surface area (Å²) in [4.78, 5) is 30.4. The van der Waals surface area contributed by atoms with E-state index in [1.54, 1.807) is 13.8 Å². The van der Waals surface area contributed by atoms with Gasteiger partial charge in [-0.3, -0.25) is 9.59 Å². The lowest BCUT2D eigenvalue weighted by atomic mass is 10.2. The van der Waals surface area contributed by atoms with Gasteiger partial charge in [0, 0.05) is 19.0 Å². The molecule has 0 bridgehead atoms. The molecule has 6 nitrogen and oxygen atoms in total. The average molecular weight is 271 g/mol. The molecule has 0 fully saturated rings. The lowest BCUT2D eigenvalue weighted by molar-refractivity contribution is -0.123. The Kier molecular flexibility index (Phi) is 5.51. The van der Waals surface area contributed by atoms with Gasteiger partial charge in [0.2, 0.25) is 5.91 Å². The fourth-order valence-electron chi connectivity index (χ4n) is 1.09. The smallest absolute Gasteiger partial charge is 0.271 e. The van der Waals surface area contributed by atoms with Crippen LogP contribution in [0.25, 0.3) is 0 Å². The third-order valence-electron chi connectivity index (χ3n) is 2.09. The number of nitrogens with one attached hydrogen (secondary N) is 2. The normalized spacial score (nSPS) is 10.2. The number of carbonyl (C=O) groups excluding carboxylic acids is 2. The molecule has 1 rings (SSSR count). The first-order valence-corrected chi connectivity index (χ1v) is 5.92. The van der Waals surface area contributed by atoms with Gasteiger partial charge in [-0.25, -0.2) is 9.97 Å². The third kappa shape index (κ3) is 4.67. The van der Waals surface area contributed by atoms with E-state index in [4.69, 9.17) is 11.6 Å². The zero-order valence-corrected chi connectivity index (χ0v) is 11.0. The summed E-state index contributed by atoms with van der Waals surface area (Å²) < 4.78 is 0. The van der Waals surface area contributed by atoms with Gasteiger partial charge < -0.3 is 10.6 Å². The number of halogens is 1. The van der Waals surface area contributed by atoms with Gasteiger partial charge in [0.25, 0.3) is 5.91 Å². The lowest BCUT2D eigenvalue weighted by Gasteiger charge is -2.08. The van der Waals surface area contributed by atoms with Crippen molar-refractivity contribution in [2.45, 2.75) is 13.8 Å². The topological polar surface area (TPSA) is 84.0 Å². The van der Waals surface area contributed by atoms with Crippen LogP contribution in [0.5, 0.6) is 0 Å². The molecule has 0 saturated heterocycles. The molecule has 0 aliphatic carbocycles. The van der Waals surface area contributed by atoms with Crippen LogP contribution in [-0.2, 0) is 4.79 Å². The maximum Gasteiger partial charge on any atom is 0.271 e. The van der Waals surface area contributed by atoms with Crippen molar-refractivity contribution >= 4 is 23.4 Å². The van der Waals surface area contributed by atoms with Crippen LogP contribution in [0.1, 0.15) is 24.3 Å². The van der Waals surface area contributed by atoms with E-state index in [1.807, 2.05) is 0 Å². The Hall–Kier alpha value is -1.69. The van der Waals surface area contributed by atoms with Crippen LogP contribution in [-0.4, -0.2) is 34.9 Å². The molecule has 0 unspecified atom stereocenters. The average Bonchev–Trinajstić information content (AvgIpc) is 2.34. The Balaban J connectivity index is 2.29. The van der Waals surface area contributed by atoms with Crippen LogP contribution < -0.4 is 10.6 Å². The highest BCUT2D eigenvalue weighted by Gasteiger charge is 2.08. The molecule has 18 heavy (non-hydrogen) atoms. The van der Waals surface area contributed by atoms with Crippen molar-refractivity contribution < 1.29 is 9.59 Å². The number of rotatable bonds is 5. The summed E-state index contributed by atoms with van der Waals surface area (Å²) in [6.45, 7) is 4.32. The molecule has 0 spiro atoms. The van der Waals surface area contributed by atoms with Crippen molar-refractivity contribution in [2.24, 2.45) is 5.92 Å². The first-order valence-electron chi connectivity index (χ1n) is 5.54. The highest BCUT2D eigenvalue weighted by atomic mass is 35.5. The summed E-state index contributed by atoms with van der Waals surface area (Å²) in [5.41, 5.74) is 0.189. The Morgan fingerprint density at radius 2 is 1.89 bits per heavy atom. The minimum absolute atomic E-state index is 0.0458. The minimum Gasteiger partial charge on any atom is -0.354 e. The second kappa shape index (κ2) is 6.90. The molecule has 0 aromatic carbocycles. The lowest BCUT2D eigenvalue weighted by Crippen LogP contribution is -2.36. The molecular weight excluding hydrogens is 256 g/mol. The summed E-state index contributed by atoms with van der Waals surface area (Å²) in [5, 5.41) is 5.53. The summed E-state index contributed by atoms with van der Waals surface area (Å²) in [7, 11) is 0. The van der Waals surface area contributed by atoms with Crippen molar-refractivity contribution in [3.05, 3.63) is 23.2 Å². The number of carbonyl (C=O) groups is 2. The fraction of sp³-hybridized carbons (Fsp3) is 0.455. The van der Waals surface area contributed by atoms with Gasteiger partial charge in [-0.05, 0) is 0 Å². The number of hydrogen-bond donors (Lipinski definition) is 2. The van der Waals surface area contributed by atoms with Gasteiger partial charge in [0.15, 0.2) is 0 Å². The number of aromatic nitrogens is 2. The van der Waals surface area contributed by atoms with Crippen molar-refractivity contribution in [2.75, 3.05) is 13.1 Å². The molecule has 98 valence electrons. The van der Waals surface area contributed by atoms with E-state index in [0.29, 0.717) is 13.1 Å². The van der Waals surface area contributed by atoms with E-state index in [-0.39, 0.29) is 28.6 Å². The van der Waals surface area contributed by atoms with E-state index in [0.717, 1.165) is 0 Å². The predicted octanol–water partition coefficient (Wildman–Crippen LogP) is 0.632. The predicted molar refractivity (Wildman–Crippen MR) is 67.2 cm³/mol. The summed E-state index contributed by atoms with van der Waals surface area (Å²) in [6.07, 6.45) is 2.60. The van der Waals surface area contributed by atoms with Crippen LogP contribution in [0.4, 0.5) is 0 Å². The second-order valence-corrected chi connectivity index (χ2v) is 4.31. The molecule has 0 aliphatic heterocycles. The molecule has 0 saturated carbocycles. The van der Waals surface area contributed by atoms with E-state index >= 15 is 0 Å². The van der Waals surface area contributed by atoms with E-state index in [2.05, 4.69) is 20.6 Å². The molecule has 1 aromatic rings. The van der Waals surface area contributed by atoms with E-state index in [9.17, 15) is 9.59 Å². The summed E-state index contributed by atoms with van der Waals surface area (Å²) in [5.74, 6) is -0.462. The Labute approximate surface area is 110 Å². The zero-order chi connectivity index (χ0) is 13.5. The summed E-state index contributed by atoms with van der Waals surface area (Å²) >= 11 is 5.55. The number of hydrogen-bond acceptors (Lipinski definition) is 4. The standard InChI is InChI=1S/C11H15ClN4O2/c1-7(2)10(17)13-3-4-14-11(18)8-5-16-9(12)6-15-8/h5-7H,3-4H2,1-2H3,(H,13,17)(H,14,18). The Bertz CT molecular complexity index is 420. The SMILES string of the molecule is CC(C)C(=O)NCCNC(=O)c1cnc(Cl)cn1. The maximum atomic E-state index is 11.6. The number of amides is 2. The van der Waals surface area contributed by atoms with Crippen molar-refractivity contribution in [1.82, 2.24) is 20.6 Å². The molecule has 1 aromatic heterocycles. The maximum absolute atomic E-state index is 11.6. The van der Waals surface area contributed by atoms with Gasteiger partial charge in [0.05, 0.1) is 12.4 Å². The van der Waals surface area contributed by atoms with Gasteiger partial charge in [-0.1, -0.05) is 25.4 Å². The van der Waals surface area contributed by atoms with Crippen LogP contribution >= 0.6 is 11.6 Å². The highest BCUT2D eigenvalue weighted by Crippen LogP contribution is 2.00. The van der Waals surface area contributed by atoms with Crippen LogP contribution in [0, 0.1) is 5.92 Å². The first kappa shape index (κ1) is 14.4. The van der Waals surface area contributed by atoms with Crippen LogP contribution in [0.3, 0.4) is 0 Å². The van der Waals surface area contributed by atoms with Gasteiger partial charge >= 0.3 is 0 Å². The molecule has 2 amide bonds. The summed E-state index contributed by atoms with van der Waals surface area (Å²) in [6, 6.07) is 0. The first-order chi connectivity index (χ1) is 8.50. The Morgan fingerprint density at radius 1 is 1.22 bits per heavy atom. The largest absolute Gasteiger partial charge is 0.354 e. The van der Waals surface area contributed by atoms with Crippen LogP contribution in [0.15, 0.2) is 12.4 Å². The molecule has 0 atom stereocenters. The Morgan fingerprint density at radius 3 is 2.44 bits per heavy atom. The molecule has 2 N–H and O–H groups in total. The molecule has 1 heterocycles. The van der Waals surface area contributed by atoms with Crippen LogP contribution in [0.2, 0.25) is 5.15 Å². The minimum atomic E-state index is -0.349. The van der Waals surface area contributed by atoms with Gasteiger partial charge in [-0.2, -0.15) is 0 Å². The monoisotopic (exact) mass is 270 g/mol. The van der Waals surface area contributed by atoms with Gasteiger partial charge in [-0.15, -0.1) is 0 Å². The van der Waals surface area contributed by atoms with E-state index in [1.165, 1.54) is 12.4 Å². The quantitative estimate of drug-likeness (QED) is 0.769. The second-order valence-electron chi connectivity index (χ2n) is 3.93. The molecular formula is C11H15ClN4O2.